The summed E-state index contributed by atoms with van der Waals surface area (Å²) in [5.41, 5.74) is 14.8. The maximum absolute atomic E-state index is 7.08. The van der Waals surface area contributed by atoms with Crippen molar-refractivity contribution in [2.75, 3.05) is 11.1 Å². The summed E-state index contributed by atoms with van der Waals surface area (Å²) in [4.78, 5) is 11.2. The van der Waals surface area contributed by atoms with Gasteiger partial charge < -0.3 is 15.6 Å². The first-order valence-corrected chi connectivity index (χ1v) is 11.0. The summed E-state index contributed by atoms with van der Waals surface area (Å²) < 4.78 is 2.01. The summed E-state index contributed by atoms with van der Waals surface area (Å²) in [5, 5.41) is 3.22. The summed E-state index contributed by atoms with van der Waals surface area (Å²) in [6.45, 7) is 18.2. The Kier molecular flexibility index (Phi) is 6.76. The highest BCUT2D eigenvalue weighted by Crippen LogP contribution is 2.28. The number of anilines is 3. The number of aryl methyl sites for hydroxylation is 2. The minimum absolute atomic E-state index is 0.578. The fourth-order valence-corrected chi connectivity index (χ4v) is 3.65. The van der Waals surface area contributed by atoms with Crippen LogP contribution in [-0.4, -0.2) is 9.55 Å². The molecule has 0 bridgehead atoms. The zero-order valence-electron chi connectivity index (χ0n) is 19.5. The summed E-state index contributed by atoms with van der Waals surface area (Å²) in [6, 6.07) is 27.0. The number of nitrogen functional groups attached to an aromatic ring is 1. The van der Waals surface area contributed by atoms with Crippen LogP contribution in [0.5, 0.6) is 0 Å². The van der Waals surface area contributed by atoms with E-state index in [0.717, 1.165) is 28.1 Å². The van der Waals surface area contributed by atoms with Crippen LogP contribution in [0.2, 0.25) is 0 Å². The van der Waals surface area contributed by atoms with Gasteiger partial charge in [-0.15, -0.1) is 0 Å². The van der Waals surface area contributed by atoms with Crippen LogP contribution in [-0.2, 0) is 0 Å². The lowest BCUT2D eigenvalue weighted by Gasteiger charge is -2.10. The number of fused-ring (bicyclic) bond motifs is 1. The molecule has 0 aliphatic rings. The van der Waals surface area contributed by atoms with E-state index in [4.69, 9.17) is 18.9 Å². The van der Waals surface area contributed by atoms with Gasteiger partial charge in [-0.25, -0.2) is 14.7 Å². The van der Waals surface area contributed by atoms with Crippen LogP contribution in [0.4, 0.5) is 28.4 Å². The van der Waals surface area contributed by atoms with Gasteiger partial charge in [0, 0.05) is 11.4 Å². The van der Waals surface area contributed by atoms with Crippen molar-refractivity contribution in [2.24, 2.45) is 0 Å². The number of hydrogen-bond acceptors (Lipinski definition) is 3. The Morgan fingerprint density at radius 2 is 1.49 bits per heavy atom. The number of imidazole rings is 1. The number of nitrogens with two attached hydrogens (primary N) is 1. The predicted molar refractivity (Wildman–Crippen MR) is 144 cm³/mol. The minimum Gasteiger partial charge on any atom is -0.397 e. The van der Waals surface area contributed by atoms with Crippen LogP contribution >= 0.6 is 0 Å². The van der Waals surface area contributed by atoms with Crippen LogP contribution in [0.25, 0.3) is 26.4 Å². The molecule has 5 rings (SSSR count). The number of nitrogens with one attached hydrogen (secondary N) is 1. The molecule has 170 valence electrons. The molecule has 0 saturated heterocycles. The van der Waals surface area contributed by atoms with Gasteiger partial charge in [0.25, 0.3) is 0 Å². The molecule has 4 aromatic carbocycles. The maximum Gasteiger partial charge on any atom is 0.189 e. The average Bonchev–Trinajstić information content (AvgIpc) is 3.29. The average molecular weight is 457 g/mol. The van der Waals surface area contributed by atoms with Crippen LogP contribution in [0, 0.1) is 27.0 Å². The fraction of sp³-hybridized carbons (Fsp3) is 0.0690. The van der Waals surface area contributed by atoms with E-state index in [1.165, 1.54) is 11.1 Å². The molecule has 6 nitrogen and oxygen atoms in total. The van der Waals surface area contributed by atoms with Gasteiger partial charge in [0.15, 0.2) is 11.4 Å². The fourth-order valence-electron chi connectivity index (χ4n) is 3.65. The molecule has 0 amide bonds. The Balaban J connectivity index is 0.000000165. The predicted octanol–water partition coefficient (Wildman–Crippen LogP) is 7.76. The van der Waals surface area contributed by atoms with Crippen molar-refractivity contribution >= 4 is 39.5 Å². The monoisotopic (exact) mass is 456 g/mol. The van der Waals surface area contributed by atoms with E-state index in [1.807, 2.05) is 60.0 Å². The molecule has 35 heavy (non-hydrogen) atoms. The molecule has 0 aliphatic heterocycles. The third-order valence-electron chi connectivity index (χ3n) is 5.40. The third kappa shape index (κ3) is 5.47. The normalized spacial score (nSPS) is 10.1. The van der Waals surface area contributed by atoms with Crippen molar-refractivity contribution < 1.29 is 0 Å². The second-order valence-corrected chi connectivity index (χ2v) is 8.12. The second-order valence-electron chi connectivity index (χ2n) is 8.12. The van der Waals surface area contributed by atoms with Crippen molar-refractivity contribution in [3.8, 4) is 5.69 Å². The smallest absolute Gasteiger partial charge is 0.189 e. The van der Waals surface area contributed by atoms with E-state index < -0.39 is 0 Å². The Hall–Kier alpha value is -5.07. The van der Waals surface area contributed by atoms with Crippen molar-refractivity contribution in [3.05, 3.63) is 125 Å². The third-order valence-corrected chi connectivity index (χ3v) is 5.40. The Morgan fingerprint density at radius 1 is 0.800 bits per heavy atom. The Labute approximate surface area is 204 Å². The molecule has 1 heterocycles. The second kappa shape index (κ2) is 10.2. The first-order valence-electron chi connectivity index (χ1n) is 11.0. The van der Waals surface area contributed by atoms with Gasteiger partial charge in [0.1, 0.15) is 6.33 Å². The molecule has 0 radical (unpaired) electrons. The topological polar surface area (TPSA) is 64.6 Å². The number of benzene rings is 4. The number of nitrogens with zero attached hydrogens (tertiary/aromatic N) is 4. The highest BCUT2D eigenvalue weighted by Gasteiger charge is 2.05. The van der Waals surface area contributed by atoms with Crippen LogP contribution in [0.15, 0.2) is 91.3 Å². The van der Waals surface area contributed by atoms with Gasteiger partial charge in [-0.3, -0.25) is 0 Å². The summed E-state index contributed by atoms with van der Waals surface area (Å²) in [5.74, 6) is 0. The van der Waals surface area contributed by atoms with E-state index in [9.17, 15) is 0 Å². The number of hydrogen-bond donors (Lipinski definition) is 2. The van der Waals surface area contributed by atoms with Gasteiger partial charge in [-0.05, 0) is 73.5 Å². The number of rotatable bonds is 3. The van der Waals surface area contributed by atoms with Gasteiger partial charge in [-0.2, -0.15) is 0 Å². The van der Waals surface area contributed by atoms with Crippen LogP contribution in [0.1, 0.15) is 11.1 Å². The zero-order chi connectivity index (χ0) is 24.8. The van der Waals surface area contributed by atoms with E-state index >= 15 is 0 Å². The largest absolute Gasteiger partial charge is 0.397 e. The highest BCUT2D eigenvalue weighted by molar-refractivity contribution is 5.81. The van der Waals surface area contributed by atoms with Crippen molar-refractivity contribution in [2.45, 2.75) is 13.8 Å². The molecule has 0 saturated carbocycles. The molecule has 0 atom stereocenters. The van der Waals surface area contributed by atoms with Crippen molar-refractivity contribution in [1.82, 2.24) is 9.55 Å². The summed E-state index contributed by atoms with van der Waals surface area (Å²) in [6.07, 6.45) is 1.80. The molecule has 5 aromatic rings. The molecule has 0 unspecified atom stereocenters. The van der Waals surface area contributed by atoms with E-state index in [-0.39, 0.29) is 0 Å². The van der Waals surface area contributed by atoms with E-state index in [1.54, 1.807) is 30.6 Å². The van der Waals surface area contributed by atoms with Gasteiger partial charge in [0.2, 0.25) is 0 Å². The lowest BCUT2D eigenvalue weighted by atomic mass is 10.2. The molecule has 0 spiro atoms. The maximum atomic E-state index is 7.08. The quantitative estimate of drug-likeness (QED) is 0.215. The molecule has 0 aliphatic carbocycles. The first-order chi connectivity index (χ1) is 17.0. The number of aromatic nitrogens is 2. The molecule has 3 N–H and O–H groups in total. The van der Waals surface area contributed by atoms with Crippen molar-refractivity contribution in [1.29, 1.82) is 0 Å². The summed E-state index contributed by atoms with van der Waals surface area (Å²) >= 11 is 0. The first kappa shape index (κ1) is 23.1. The lowest BCUT2D eigenvalue weighted by Crippen LogP contribution is -1.95. The Morgan fingerprint density at radius 3 is 2.20 bits per heavy atom. The van der Waals surface area contributed by atoms with Crippen molar-refractivity contribution in [3.63, 3.8) is 0 Å². The molecule has 6 heteroatoms. The molecular formula is C29H24N6. The van der Waals surface area contributed by atoms with Gasteiger partial charge >= 0.3 is 0 Å². The minimum atomic E-state index is 0.578. The lowest BCUT2D eigenvalue weighted by molar-refractivity contribution is 1.09. The highest BCUT2D eigenvalue weighted by atomic mass is 15.0. The Bertz CT molecular complexity index is 1580. The van der Waals surface area contributed by atoms with Gasteiger partial charge in [0.05, 0.1) is 35.6 Å². The molecular weight excluding hydrogens is 432 g/mol. The van der Waals surface area contributed by atoms with Crippen LogP contribution in [0.3, 0.4) is 0 Å². The SMILES string of the molecule is [C-]#[N+]c1ccc(N)c(Nc2cccc(C)c2)c1.[C-]#[N+]c1ccc2ncn(-c3cccc(C)c3)c2c1. The standard InChI is InChI=1S/C15H11N3.C14H13N3/c1-11-4-3-5-13(8-11)18-10-17-14-7-6-12(16-2)9-15(14)18;1-10-4-3-5-12(8-10)17-14-9-11(16-2)6-7-13(14)15/h3-10H,1H3;3-9,17H,15H2,1H3. The molecule has 0 fully saturated rings. The van der Waals surface area contributed by atoms with E-state index in [2.05, 4.69) is 39.0 Å². The van der Waals surface area contributed by atoms with Crippen LogP contribution < -0.4 is 11.1 Å². The summed E-state index contributed by atoms with van der Waals surface area (Å²) in [7, 11) is 0. The van der Waals surface area contributed by atoms with E-state index in [0.29, 0.717) is 17.1 Å². The van der Waals surface area contributed by atoms with Gasteiger partial charge in [-0.1, -0.05) is 36.4 Å². The zero-order valence-corrected chi connectivity index (χ0v) is 19.5. The molecule has 1 aromatic heterocycles.